The van der Waals surface area contributed by atoms with Crippen LogP contribution in [-0.4, -0.2) is 41.7 Å². The van der Waals surface area contributed by atoms with Crippen LogP contribution in [0.25, 0.3) is 0 Å². The predicted octanol–water partition coefficient (Wildman–Crippen LogP) is 0.902. The van der Waals surface area contributed by atoms with E-state index >= 15 is 0 Å². The molecule has 1 aromatic carbocycles. The second-order valence-electron chi connectivity index (χ2n) is 4.94. The minimum atomic E-state index is -0.0181. The third-order valence-corrected chi connectivity index (χ3v) is 3.48. The Morgan fingerprint density at radius 2 is 2.25 bits per heavy atom. The van der Waals surface area contributed by atoms with Crippen LogP contribution in [0.15, 0.2) is 18.2 Å². The third kappa shape index (κ3) is 3.19. The molecule has 20 heavy (non-hydrogen) atoms. The quantitative estimate of drug-likeness (QED) is 0.800. The summed E-state index contributed by atoms with van der Waals surface area (Å²) < 4.78 is 0. The molecule has 1 aliphatic carbocycles. The Morgan fingerprint density at radius 1 is 1.50 bits per heavy atom. The molecule has 1 amide bonds. The highest BCUT2D eigenvalue weighted by Gasteiger charge is 2.33. The van der Waals surface area contributed by atoms with Crippen molar-refractivity contribution in [3.05, 3.63) is 34.9 Å². The molecule has 0 atom stereocenters. The summed E-state index contributed by atoms with van der Waals surface area (Å²) in [6.45, 7) is 2.59. The summed E-state index contributed by atoms with van der Waals surface area (Å²) in [6.07, 6.45) is 2.05. The average molecular weight is 272 g/mol. The SMILES string of the molecule is Cc1c(C#CCN)cccc1C(=O)N(CCO)C1CC1. The van der Waals surface area contributed by atoms with Crippen LogP contribution >= 0.6 is 0 Å². The van der Waals surface area contributed by atoms with Crippen molar-refractivity contribution in [2.75, 3.05) is 19.7 Å². The first-order chi connectivity index (χ1) is 9.69. The number of hydrogen-bond acceptors (Lipinski definition) is 3. The highest BCUT2D eigenvalue weighted by molar-refractivity contribution is 5.96. The second-order valence-corrected chi connectivity index (χ2v) is 4.94. The molecule has 0 heterocycles. The molecular formula is C16H20N2O2. The number of amides is 1. The molecule has 4 heteroatoms. The van der Waals surface area contributed by atoms with Crippen LogP contribution in [0.2, 0.25) is 0 Å². The molecule has 0 radical (unpaired) electrons. The fourth-order valence-electron chi connectivity index (χ4n) is 2.25. The monoisotopic (exact) mass is 272 g/mol. The summed E-state index contributed by atoms with van der Waals surface area (Å²) in [6, 6.07) is 5.83. The first-order valence-electron chi connectivity index (χ1n) is 6.89. The lowest BCUT2D eigenvalue weighted by Crippen LogP contribution is -2.36. The number of hydrogen-bond donors (Lipinski definition) is 2. The molecule has 0 saturated heterocycles. The molecule has 106 valence electrons. The van der Waals surface area contributed by atoms with E-state index < -0.39 is 0 Å². The minimum absolute atomic E-state index is 0.00599. The molecular weight excluding hydrogens is 252 g/mol. The van der Waals surface area contributed by atoms with Gasteiger partial charge in [0.25, 0.3) is 5.91 Å². The van der Waals surface area contributed by atoms with Gasteiger partial charge in [0.1, 0.15) is 0 Å². The molecule has 0 aliphatic heterocycles. The van der Waals surface area contributed by atoms with Gasteiger partial charge in [-0.05, 0) is 37.5 Å². The molecule has 1 aromatic rings. The van der Waals surface area contributed by atoms with E-state index in [1.165, 1.54) is 0 Å². The van der Waals surface area contributed by atoms with E-state index in [1.807, 2.05) is 25.1 Å². The molecule has 0 unspecified atom stereocenters. The Bertz CT molecular complexity index is 553. The van der Waals surface area contributed by atoms with Crippen molar-refractivity contribution in [1.29, 1.82) is 0 Å². The lowest BCUT2D eigenvalue weighted by Gasteiger charge is -2.22. The van der Waals surface area contributed by atoms with Crippen LogP contribution in [-0.2, 0) is 0 Å². The van der Waals surface area contributed by atoms with Gasteiger partial charge in [-0.15, -0.1) is 0 Å². The largest absolute Gasteiger partial charge is 0.395 e. The number of aliphatic hydroxyl groups excluding tert-OH is 1. The molecule has 0 bridgehead atoms. The van der Waals surface area contributed by atoms with E-state index in [-0.39, 0.29) is 18.6 Å². The lowest BCUT2D eigenvalue weighted by atomic mass is 10.0. The van der Waals surface area contributed by atoms with Gasteiger partial charge in [-0.25, -0.2) is 0 Å². The molecule has 0 spiro atoms. The first-order valence-corrected chi connectivity index (χ1v) is 6.89. The van der Waals surface area contributed by atoms with E-state index in [2.05, 4.69) is 11.8 Å². The average Bonchev–Trinajstić information content (AvgIpc) is 3.27. The summed E-state index contributed by atoms with van der Waals surface area (Å²) in [5.74, 6) is 5.78. The lowest BCUT2D eigenvalue weighted by molar-refractivity contribution is 0.0707. The summed E-state index contributed by atoms with van der Waals surface area (Å²) >= 11 is 0. The molecule has 2 rings (SSSR count). The zero-order chi connectivity index (χ0) is 14.5. The van der Waals surface area contributed by atoms with Crippen molar-refractivity contribution < 1.29 is 9.90 Å². The second kappa shape index (κ2) is 6.56. The van der Waals surface area contributed by atoms with Gasteiger partial charge in [0, 0.05) is 23.7 Å². The molecule has 1 saturated carbocycles. The van der Waals surface area contributed by atoms with E-state index in [0.29, 0.717) is 18.7 Å². The summed E-state index contributed by atoms with van der Waals surface area (Å²) in [7, 11) is 0. The Balaban J connectivity index is 2.29. The Morgan fingerprint density at radius 3 is 2.85 bits per heavy atom. The normalized spacial score (nSPS) is 13.6. The third-order valence-electron chi connectivity index (χ3n) is 3.48. The van der Waals surface area contributed by atoms with Gasteiger partial charge in [-0.3, -0.25) is 4.79 Å². The Labute approximate surface area is 119 Å². The number of carbonyl (C=O) groups excluding carboxylic acids is 1. The summed E-state index contributed by atoms with van der Waals surface area (Å²) in [4.78, 5) is 14.4. The Hall–Kier alpha value is -1.83. The van der Waals surface area contributed by atoms with Crippen LogP contribution in [0, 0.1) is 18.8 Å². The van der Waals surface area contributed by atoms with Gasteiger partial charge in [0.15, 0.2) is 0 Å². The maximum atomic E-state index is 12.6. The molecule has 4 nitrogen and oxygen atoms in total. The van der Waals surface area contributed by atoms with Crippen molar-refractivity contribution in [2.45, 2.75) is 25.8 Å². The number of aliphatic hydroxyl groups is 1. The van der Waals surface area contributed by atoms with E-state index in [0.717, 1.165) is 24.0 Å². The fourth-order valence-corrected chi connectivity index (χ4v) is 2.25. The van der Waals surface area contributed by atoms with Crippen molar-refractivity contribution >= 4 is 5.91 Å². The zero-order valence-corrected chi connectivity index (χ0v) is 11.7. The maximum Gasteiger partial charge on any atom is 0.254 e. The van der Waals surface area contributed by atoms with Gasteiger partial charge in [-0.1, -0.05) is 17.9 Å². The van der Waals surface area contributed by atoms with Crippen molar-refractivity contribution in [2.24, 2.45) is 5.73 Å². The van der Waals surface area contributed by atoms with Gasteiger partial charge < -0.3 is 15.7 Å². The van der Waals surface area contributed by atoms with E-state index in [4.69, 9.17) is 10.8 Å². The summed E-state index contributed by atoms with van der Waals surface area (Å²) in [5.41, 5.74) is 7.76. The smallest absolute Gasteiger partial charge is 0.254 e. The van der Waals surface area contributed by atoms with E-state index in [9.17, 15) is 4.79 Å². The highest BCUT2D eigenvalue weighted by Crippen LogP contribution is 2.28. The van der Waals surface area contributed by atoms with Gasteiger partial charge in [0.2, 0.25) is 0 Å². The van der Waals surface area contributed by atoms with Crippen LogP contribution in [0.1, 0.15) is 34.3 Å². The van der Waals surface area contributed by atoms with Gasteiger partial charge >= 0.3 is 0 Å². The molecule has 3 N–H and O–H groups in total. The number of rotatable bonds is 4. The topological polar surface area (TPSA) is 66.6 Å². The molecule has 1 fully saturated rings. The van der Waals surface area contributed by atoms with Gasteiger partial charge in [0.05, 0.1) is 13.2 Å². The number of nitrogens with two attached hydrogens (primary N) is 1. The van der Waals surface area contributed by atoms with Crippen molar-refractivity contribution in [3.8, 4) is 11.8 Å². The van der Waals surface area contributed by atoms with Crippen molar-refractivity contribution in [1.82, 2.24) is 4.90 Å². The van der Waals surface area contributed by atoms with Crippen LogP contribution in [0.5, 0.6) is 0 Å². The number of benzene rings is 1. The summed E-state index contributed by atoms with van der Waals surface area (Å²) in [5, 5.41) is 9.12. The van der Waals surface area contributed by atoms with Crippen LogP contribution in [0.3, 0.4) is 0 Å². The standard InChI is InChI=1S/C16H20N2O2/c1-12-13(5-3-9-17)4-2-6-15(12)16(20)18(10-11-19)14-7-8-14/h2,4,6,14,19H,7-11,17H2,1H3. The molecule has 0 aromatic heterocycles. The number of nitrogens with zero attached hydrogens (tertiary/aromatic N) is 1. The van der Waals surface area contributed by atoms with Crippen LogP contribution in [0.4, 0.5) is 0 Å². The van der Waals surface area contributed by atoms with E-state index in [1.54, 1.807) is 4.90 Å². The predicted molar refractivity (Wildman–Crippen MR) is 78.3 cm³/mol. The maximum absolute atomic E-state index is 12.6. The zero-order valence-electron chi connectivity index (χ0n) is 11.7. The van der Waals surface area contributed by atoms with Crippen molar-refractivity contribution in [3.63, 3.8) is 0 Å². The fraction of sp³-hybridized carbons (Fsp3) is 0.438. The minimum Gasteiger partial charge on any atom is -0.395 e. The first kappa shape index (κ1) is 14.6. The van der Waals surface area contributed by atoms with Crippen LogP contribution < -0.4 is 5.73 Å². The van der Waals surface area contributed by atoms with Gasteiger partial charge in [-0.2, -0.15) is 0 Å². The Kier molecular flexibility index (Phi) is 4.78. The molecule has 1 aliphatic rings. The highest BCUT2D eigenvalue weighted by atomic mass is 16.3. The number of carbonyl (C=O) groups is 1.